The van der Waals surface area contributed by atoms with Gasteiger partial charge in [0.15, 0.2) is 0 Å². The van der Waals surface area contributed by atoms with Crippen LogP contribution in [-0.4, -0.2) is 12.1 Å². The van der Waals surface area contributed by atoms with Gasteiger partial charge in [-0.25, -0.2) is 0 Å². The van der Waals surface area contributed by atoms with Crippen LogP contribution in [0.15, 0.2) is 0 Å². The minimum Gasteiger partial charge on any atom is -0.326 e. The fraction of sp³-hybridized carbons (Fsp3) is 1.00. The Morgan fingerprint density at radius 1 is 1.17 bits per heavy atom. The van der Waals surface area contributed by atoms with E-state index in [4.69, 9.17) is 11.5 Å². The molecule has 0 heterocycles. The first kappa shape index (κ1) is 8.52. The SMILES string of the molecule is CC1(C)[C@H]2CC[C@@]1(C)[C@@H](N)[C@H]2N. The van der Waals surface area contributed by atoms with Crippen molar-refractivity contribution in [1.82, 2.24) is 0 Å². The lowest BCUT2D eigenvalue weighted by molar-refractivity contribution is 0.136. The van der Waals surface area contributed by atoms with Gasteiger partial charge in [-0.15, -0.1) is 0 Å². The molecule has 0 aromatic heterocycles. The third kappa shape index (κ3) is 0.647. The molecule has 2 rings (SSSR count). The van der Waals surface area contributed by atoms with E-state index in [2.05, 4.69) is 20.8 Å². The summed E-state index contributed by atoms with van der Waals surface area (Å²) in [7, 11) is 0. The lowest BCUT2D eigenvalue weighted by Gasteiger charge is -2.37. The first-order valence-corrected chi connectivity index (χ1v) is 4.92. The summed E-state index contributed by atoms with van der Waals surface area (Å²) in [5.74, 6) is 0.650. The van der Waals surface area contributed by atoms with Gasteiger partial charge < -0.3 is 11.5 Å². The van der Waals surface area contributed by atoms with Crippen LogP contribution in [0.5, 0.6) is 0 Å². The standard InChI is InChI=1S/C10H20N2/c1-9(2)6-4-5-10(9,3)8(12)7(6)11/h6-8H,4-5,11-12H2,1-3H3/t6-,7-,8-,10-/m0/s1. The maximum Gasteiger partial charge on any atom is 0.0255 e. The molecular formula is C10H20N2. The average Bonchev–Trinajstić information content (AvgIpc) is 2.26. The molecule has 2 aliphatic rings. The molecule has 2 aliphatic carbocycles. The highest BCUT2D eigenvalue weighted by Gasteiger charge is 2.63. The lowest BCUT2D eigenvalue weighted by Crippen LogP contribution is -2.50. The fourth-order valence-electron chi connectivity index (χ4n) is 3.51. The fourth-order valence-corrected chi connectivity index (χ4v) is 3.51. The van der Waals surface area contributed by atoms with Crippen LogP contribution < -0.4 is 11.5 Å². The zero-order chi connectivity index (χ0) is 9.15. The van der Waals surface area contributed by atoms with Crippen molar-refractivity contribution >= 4 is 0 Å². The predicted octanol–water partition coefficient (Wildman–Crippen LogP) is 1.10. The van der Waals surface area contributed by atoms with Crippen molar-refractivity contribution in [2.45, 2.75) is 45.7 Å². The topological polar surface area (TPSA) is 52.0 Å². The largest absolute Gasteiger partial charge is 0.326 e. The summed E-state index contributed by atoms with van der Waals surface area (Å²) >= 11 is 0. The first-order valence-electron chi connectivity index (χ1n) is 4.92. The van der Waals surface area contributed by atoms with Crippen molar-refractivity contribution < 1.29 is 0 Å². The van der Waals surface area contributed by atoms with Gasteiger partial charge in [-0.1, -0.05) is 20.8 Å². The molecule has 4 N–H and O–H groups in total. The van der Waals surface area contributed by atoms with E-state index in [1.54, 1.807) is 0 Å². The highest BCUT2D eigenvalue weighted by atomic mass is 14.9. The molecule has 2 saturated carbocycles. The van der Waals surface area contributed by atoms with E-state index in [0.29, 0.717) is 11.3 Å². The van der Waals surface area contributed by atoms with Crippen LogP contribution in [0.2, 0.25) is 0 Å². The van der Waals surface area contributed by atoms with E-state index < -0.39 is 0 Å². The van der Waals surface area contributed by atoms with Crippen LogP contribution in [0.4, 0.5) is 0 Å². The van der Waals surface area contributed by atoms with Gasteiger partial charge in [0, 0.05) is 12.1 Å². The van der Waals surface area contributed by atoms with Crippen molar-refractivity contribution in [2.75, 3.05) is 0 Å². The minimum absolute atomic E-state index is 0.214. The van der Waals surface area contributed by atoms with Crippen molar-refractivity contribution in [3.8, 4) is 0 Å². The van der Waals surface area contributed by atoms with E-state index >= 15 is 0 Å². The molecule has 0 aliphatic heterocycles. The predicted molar refractivity (Wildman–Crippen MR) is 50.6 cm³/mol. The molecule has 70 valence electrons. The number of fused-ring (bicyclic) bond motifs is 2. The maximum atomic E-state index is 6.15. The Balaban J connectivity index is 2.44. The van der Waals surface area contributed by atoms with E-state index in [1.165, 1.54) is 12.8 Å². The molecule has 0 radical (unpaired) electrons. The smallest absolute Gasteiger partial charge is 0.0255 e. The number of nitrogens with two attached hydrogens (primary N) is 2. The second-order valence-electron chi connectivity index (χ2n) is 5.39. The Hall–Kier alpha value is -0.0800. The van der Waals surface area contributed by atoms with E-state index in [0.717, 1.165) is 0 Å². The van der Waals surface area contributed by atoms with Crippen molar-refractivity contribution in [2.24, 2.45) is 28.2 Å². The Morgan fingerprint density at radius 2 is 1.75 bits per heavy atom. The molecular weight excluding hydrogens is 148 g/mol. The van der Waals surface area contributed by atoms with Crippen LogP contribution in [0, 0.1) is 16.7 Å². The highest BCUT2D eigenvalue weighted by Crippen LogP contribution is 2.64. The van der Waals surface area contributed by atoms with Crippen LogP contribution in [0.3, 0.4) is 0 Å². The van der Waals surface area contributed by atoms with Gasteiger partial charge in [-0.05, 0) is 29.6 Å². The zero-order valence-corrected chi connectivity index (χ0v) is 8.30. The van der Waals surface area contributed by atoms with Crippen LogP contribution in [0.25, 0.3) is 0 Å². The summed E-state index contributed by atoms with van der Waals surface area (Å²) in [4.78, 5) is 0. The molecule has 0 unspecified atom stereocenters. The molecule has 0 amide bonds. The molecule has 2 fully saturated rings. The van der Waals surface area contributed by atoms with Gasteiger partial charge in [-0.2, -0.15) is 0 Å². The number of rotatable bonds is 0. The molecule has 0 spiro atoms. The van der Waals surface area contributed by atoms with Gasteiger partial charge in [0.1, 0.15) is 0 Å². The summed E-state index contributed by atoms with van der Waals surface area (Å²) in [5, 5.41) is 0. The minimum atomic E-state index is 0.214. The Labute approximate surface area is 74.7 Å². The monoisotopic (exact) mass is 168 g/mol. The Morgan fingerprint density at radius 3 is 2.00 bits per heavy atom. The number of hydrogen-bond acceptors (Lipinski definition) is 2. The molecule has 2 nitrogen and oxygen atoms in total. The van der Waals surface area contributed by atoms with Crippen molar-refractivity contribution in [3.05, 3.63) is 0 Å². The second kappa shape index (κ2) is 2.05. The van der Waals surface area contributed by atoms with Gasteiger partial charge in [0.2, 0.25) is 0 Å². The quantitative estimate of drug-likeness (QED) is 0.569. The molecule has 2 bridgehead atoms. The van der Waals surface area contributed by atoms with Crippen LogP contribution >= 0.6 is 0 Å². The zero-order valence-electron chi connectivity index (χ0n) is 8.30. The Kier molecular flexibility index (Phi) is 1.45. The van der Waals surface area contributed by atoms with Crippen LogP contribution in [-0.2, 0) is 0 Å². The normalized spacial score (nSPS) is 56.2. The van der Waals surface area contributed by atoms with Gasteiger partial charge in [-0.3, -0.25) is 0 Å². The molecule has 12 heavy (non-hydrogen) atoms. The van der Waals surface area contributed by atoms with E-state index in [-0.39, 0.29) is 17.5 Å². The molecule has 0 aromatic carbocycles. The van der Waals surface area contributed by atoms with E-state index in [1.807, 2.05) is 0 Å². The average molecular weight is 168 g/mol. The molecule has 0 aromatic rings. The van der Waals surface area contributed by atoms with Gasteiger partial charge in [0.25, 0.3) is 0 Å². The van der Waals surface area contributed by atoms with Gasteiger partial charge >= 0.3 is 0 Å². The lowest BCUT2D eigenvalue weighted by atomic mass is 9.69. The maximum absolute atomic E-state index is 6.15. The summed E-state index contributed by atoms with van der Waals surface area (Å²) in [6.07, 6.45) is 2.54. The summed E-state index contributed by atoms with van der Waals surface area (Å²) < 4.78 is 0. The first-order chi connectivity index (χ1) is 5.41. The van der Waals surface area contributed by atoms with E-state index in [9.17, 15) is 0 Å². The molecule has 4 atom stereocenters. The Bertz CT molecular complexity index is 212. The third-order valence-corrected chi connectivity index (χ3v) is 4.99. The summed E-state index contributed by atoms with van der Waals surface area (Å²) in [6.45, 7) is 6.97. The summed E-state index contributed by atoms with van der Waals surface area (Å²) in [5.41, 5.74) is 12.9. The van der Waals surface area contributed by atoms with Crippen molar-refractivity contribution in [3.63, 3.8) is 0 Å². The molecule has 0 saturated heterocycles. The van der Waals surface area contributed by atoms with Crippen LogP contribution in [0.1, 0.15) is 33.6 Å². The third-order valence-electron chi connectivity index (χ3n) is 4.99. The van der Waals surface area contributed by atoms with Gasteiger partial charge in [0.05, 0.1) is 0 Å². The van der Waals surface area contributed by atoms with Crippen molar-refractivity contribution in [1.29, 1.82) is 0 Å². The summed E-state index contributed by atoms with van der Waals surface area (Å²) in [6, 6.07) is 0.449. The molecule has 2 heteroatoms. The highest BCUT2D eigenvalue weighted by molar-refractivity contribution is 5.17. The second-order valence-corrected chi connectivity index (χ2v) is 5.39. The number of hydrogen-bond donors (Lipinski definition) is 2.